The number of aromatic hydroxyl groups is 19. The lowest BCUT2D eigenvalue weighted by Gasteiger charge is -2.36. The van der Waals surface area contributed by atoms with E-state index >= 15 is 0 Å². The van der Waals surface area contributed by atoms with Crippen molar-refractivity contribution in [1.29, 1.82) is 0 Å². The molecule has 0 amide bonds. The van der Waals surface area contributed by atoms with Crippen LogP contribution in [0, 0.1) is 31.6 Å². The Balaban J connectivity index is 0.000000762. The maximum absolute atomic E-state index is 10.7. The van der Waals surface area contributed by atoms with Crippen LogP contribution in [0.4, 0.5) is 0 Å². The van der Waals surface area contributed by atoms with E-state index in [0.29, 0.717) is 52.2 Å². The predicted octanol–water partition coefficient (Wildman–Crippen LogP) is 26.9. The monoisotopic (exact) mass is 1900 g/mol. The Hall–Kier alpha value is -14.2. The lowest BCUT2D eigenvalue weighted by Crippen LogP contribution is -2.27. The van der Waals surface area contributed by atoms with Gasteiger partial charge in [0.1, 0.15) is 69.0 Å². The van der Waals surface area contributed by atoms with Crippen LogP contribution in [0.5, 0.6) is 138 Å². The highest BCUT2D eigenvalue weighted by atomic mass is 16.5. The van der Waals surface area contributed by atoms with Gasteiger partial charge in [-0.1, -0.05) is 211 Å². The highest BCUT2D eigenvalue weighted by Crippen LogP contribution is 2.48. The number of phenols is 19. The fourth-order valence-electron chi connectivity index (χ4n) is 14.4. The Morgan fingerprint density at radius 2 is 0.547 bits per heavy atom. The Bertz CT molecular complexity index is 5270. The maximum atomic E-state index is 10.7. The molecule has 750 valence electrons. The van der Waals surface area contributed by atoms with Gasteiger partial charge < -0.3 is 121 Å². The van der Waals surface area contributed by atoms with Crippen LogP contribution in [0.15, 0.2) is 243 Å². The molecule has 19 N–H and O–H groups in total. The minimum absolute atomic E-state index is 0.0301. The second kappa shape index (κ2) is 57.5. The number of phenolic OH excluding ortho intramolecular Hbond substituents is 19. The Labute approximate surface area is 812 Å². The molecule has 0 heterocycles. The molecule has 24 nitrogen and oxygen atoms in total. The molecule has 0 saturated carbocycles. The molecule has 12 aromatic rings. The number of aryl methyl sites for hydroxylation is 3. The molecule has 0 spiro atoms. The first-order valence-electron chi connectivity index (χ1n) is 44.9. The minimum atomic E-state index is -0.202. The number of hydrogen-bond donors (Lipinski definition) is 19. The van der Waals surface area contributed by atoms with Gasteiger partial charge in [0.2, 0.25) is 0 Å². The van der Waals surface area contributed by atoms with E-state index in [9.17, 15) is 30.6 Å². The molecule has 137 heavy (non-hydrogen) atoms. The fourth-order valence-corrected chi connectivity index (χ4v) is 14.4. The highest BCUT2D eigenvalue weighted by Gasteiger charge is 2.35. The smallest absolute Gasteiger partial charge is 0.160 e. The quantitative estimate of drug-likeness (QED) is 0.0315. The Morgan fingerprint density at radius 1 is 0.234 bits per heavy atom. The van der Waals surface area contributed by atoms with Crippen molar-refractivity contribution in [2.45, 2.75) is 225 Å². The van der Waals surface area contributed by atoms with Crippen molar-refractivity contribution >= 4 is 0 Å². The van der Waals surface area contributed by atoms with Crippen LogP contribution in [0.2, 0.25) is 0 Å². The van der Waals surface area contributed by atoms with Gasteiger partial charge in [-0.3, -0.25) is 0 Å². The van der Waals surface area contributed by atoms with Crippen molar-refractivity contribution in [3.05, 3.63) is 287 Å². The maximum Gasteiger partial charge on any atom is 0.160 e. The molecular formula is C113H154O24. The zero-order valence-electron chi connectivity index (χ0n) is 85.1. The molecule has 24 heteroatoms. The summed E-state index contributed by atoms with van der Waals surface area (Å²) >= 11 is 0. The van der Waals surface area contributed by atoms with Crippen molar-refractivity contribution in [2.24, 2.45) is 10.8 Å². The standard InChI is InChI=1S/C22H38O2.C18H30O2.C10H14O2.2C8H10O2.5C7H8O2.2C6H6O2/c1-19(2,3)13-21(7,8)15-11-18(24)16(12-17(15)23)22(9,10)14-20(4,5)6;1-7-9-17(3,4)13-11-16(20)14(12-15(13)19)18(5,6)10-8-2;1-10(2,3)8-6-7(11)4-5-9(8)12;1-9-7-5-3-4-6-8(7)10-2;1-2-10-8-6-4-3-5-7(8)9;1-9-7-4-2-6(8)3-5-7;1-5-4-6(8)2-3-7(5)9;1-5-2-3-6(8)7(9)4-5;1-9-7-5-3-2-4-6(7)8;1-5-3-2-4-6(8)7(5)9;7-5-1-2-6(8)4-3-5;7-5-3-1-2-4-6(5)8/h11-12,23-24H,13-14H2,1-10H3;11-12,19-20H,7-10H2,1-6H3;4-6,11-12H,1-3H3;3-6H,1-2H3;3-6,9H,2H2,1H3;2-5,8H,1H3;2*2-4,8-9H,1H3;2-5,8H,1H3;2-4,8-9H,1H3;2*1-4,7-8H. The van der Waals surface area contributed by atoms with Crippen LogP contribution in [0.25, 0.3) is 0 Å². The first-order chi connectivity index (χ1) is 63.6. The minimum Gasteiger partial charge on any atom is -0.508 e. The summed E-state index contributed by atoms with van der Waals surface area (Å²) in [5.74, 6) is 5.98. The zero-order chi connectivity index (χ0) is 105. The van der Waals surface area contributed by atoms with E-state index in [2.05, 4.69) is 111 Å². The average molecular weight is 1900 g/mol. The van der Waals surface area contributed by atoms with Gasteiger partial charge >= 0.3 is 0 Å². The summed E-state index contributed by atoms with van der Waals surface area (Å²) in [7, 11) is 6.36. The van der Waals surface area contributed by atoms with Crippen molar-refractivity contribution in [1.82, 2.24) is 0 Å². The second-order valence-electron chi connectivity index (χ2n) is 38.3. The molecule has 0 aliphatic rings. The summed E-state index contributed by atoms with van der Waals surface area (Å²) in [6.07, 6.45) is 5.93. The molecule has 0 aromatic heterocycles. The third-order valence-corrected chi connectivity index (χ3v) is 20.5. The predicted molar refractivity (Wildman–Crippen MR) is 549 cm³/mol. The lowest BCUT2D eigenvalue weighted by atomic mass is 9.69. The van der Waals surface area contributed by atoms with E-state index in [1.165, 1.54) is 92.0 Å². The first kappa shape index (κ1) is 121. The summed E-state index contributed by atoms with van der Waals surface area (Å²) in [6, 6.07) is 65.4. The zero-order valence-corrected chi connectivity index (χ0v) is 85.1. The van der Waals surface area contributed by atoms with Crippen LogP contribution in [0.3, 0.4) is 0 Å². The van der Waals surface area contributed by atoms with Gasteiger partial charge in [-0.15, -0.1) is 0 Å². The van der Waals surface area contributed by atoms with Crippen LogP contribution in [0.1, 0.15) is 222 Å². The van der Waals surface area contributed by atoms with E-state index < -0.39 is 0 Å². The van der Waals surface area contributed by atoms with Gasteiger partial charge in [-0.2, -0.15) is 0 Å². The highest BCUT2D eigenvalue weighted by molar-refractivity contribution is 5.53. The first-order valence-corrected chi connectivity index (χ1v) is 44.9. The molecule has 0 bridgehead atoms. The largest absolute Gasteiger partial charge is 0.508 e. The molecule has 0 unspecified atom stereocenters. The van der Waals surface area contributed by atoms with Crippen LogP contribution < -0.4 is 23.7 Å². The summed E-state index contributed by atoms with van der Waals surface area (Å²) in [6.45, 7) is 48.2. The third kappa shape index (κ3) is 45.6. The molecule has 0 saturated heterocycles. The third-order valence-electron chi connectivity index (χ3n) is 20.5. The number of methoxy groups -OCH3 is 4. The molecule has 0 aliphatic heterocycles. The number of hydrogen-bond acceptors (Lipinski definition) is 24. The van der Waals surface area contributed by atoms with Crippen molar-refractivity contribution in [3.8, 4) is 138 Å². The SMILES string of the molecule is CC(C)(C)CC(C)(C)c1cc(O)c(C(C)(C)CC(C)(C)C)cc1O.CC(C)(C)c1cc(O)ccc1O.CCCC(C)(C)c1cc(O)c(C(C)(C)CCC)cc1O.CCOc1ccccc1O.COc1ccc(O)cc1.COc1ccccc1O.COc1ccccc1OC.Cc1cc(O)ccc1O.Cc1ccc(O)c(O)c1.Cc1cccc(O)c1O.Oc1ccc(O)cc1.Oc1ccccc1O. The van der Waals surface area contributed by atoms with E-state index in [1.807, 2.05) is 65.0 Å². The molecular weight excluding hydrogens is 1740 g/mol. The van der Waals surface area contributed by atoms with E-state index in [1.54, 1.807) is 163 Å². The molecule has 0 radical (unpaired) electrons. The molecule has 0 aliphatic carbocycles. The number of ether oxygens (including phenoxy) is 5. The lowest BCUT2D eigenvalue weighted by molar-refractivity contribution is 0.270. The molecule has 0 fully saturated rings. The number of para-hydroxylation sites is 9. The van der Waals surface area contributed by atoms with E-state index in [0.717, 1.165) is 89.2 Å². The van der Waals surface area contributed by atoms with Gasteiger partial charge in [0.15, 0.2) is 69.0 Å². The fraction of sp³-hybridized carbons (Fsp3) is 0.363. The van der Waals surface area contributed by atoms with E-state index in [4.69, 9.17) is 90.1 Å². The van der Waals surface area contributed by atoms with Gasteiger partial charge in [-0.05, 0) is 284 Å². The van der Waals surface area contributed by atoms with Gasteiger partial charge in [-0.25, -0.2) is 0 Å². The summed E-state index contributed by atoms with van der Waals surface area (Å²) in [5.41, 5.74) is 5.93. The van der Waals surface area contributed by atoms with Crippen molar-refractivity contribution < 1.29 is 121 Å². The van der Waals surface area contributed by atoms with Crippen molar-refractivity contribution in [2.75, 3.05) is 35.0 Å². The van der Waals surface area contributed by atoms with Crippen LogP contribution in [-0.4, -0.2) is 132 Å². The van der Waals surface area contributed by atoms with Gasteiger partial charge in [0, 0.05) is 27.8 Å². The molecule has 0 atom stereocenters. The average Bonchev–Trinajstić information content (AvgIpc) is 0.757. The van der Waals surface area contributed by atoms with Crippen LogP contribution in [-0.2, 0) is 27.1 Å². The number of benzene rings is 12. The van der Waals surface area contributed by atoms with Gasteiger partial charge in [0.05, 0.1) is 35.0 Å². The molecule has 12 aromatic carbocycles. The van der Waals surface area contributed by atoms with Gasteiger partial charge in [0.25, 0.3) is 0 Å². The Kier molecular flexibility index (Phi) is 50.8. The number of rotatable bonds is 16. The van der Waals surface area contributed by atoms with E-state index in [-0.39, 0.29) is 124 Å². The van der Waals surface area contributed by atoms with Crippen molar-refractivity contribution in [3.63, 3.8) is 0 Å². The Morgan fingerprint density at radius 3 is 0.832 bits per heavy atom. The molecule has 12 rings (SSSR count). The normalized spacial score (nSPS) is 10.8. The summed E-state index contributed by atoms with van der Waals surface area (Å²) in [4.78, 5) is 0. The summed E-state index contributed by atoms with van der Waals surface area (Å²) < 4.78 is 24.8. The summed E-state index contributed by atoms with van der Waals surface area (Å²) in [5, 5.41) is 176. The second-order valence-corrected chi connectivity index (χ2v) is 38.3. The topological polar surface area (TPSA) is 431 Å². The van der Waals surface area contributed by atoms with Crippen LogP contribution >= 0.6 is 0 Å².